The number of rotatable bonds is 13. The lowest BCUT2D eigenvalue weighted by Crippen LogP contribution is -2.63. The zero-order valence-corrected chi connectivity index (χ0v) is 46.7. The fourth-order valence-corrected chi connectivity index (χ4v) is 17.3. The lowest BCUT2D eigenvalue weighted by molar-refractivity contribution is -0.167. The number of Topliss-reactive ketones (excluding diaryl/α,β-unsaturated/α-hetero) is 2. The van der Waals surface area contributed by atoms with Crippen molar-refractivity contribution in [3.63, 3.8) is 0 Å². The van der Waals surface area contributed by atoms with Gasteiger partial charge in [0.1, 0.15) is 11.9 Å². The molecule has 5 aliphatic heterocycles. The third kappa shape index (κ3) is 9.55. The summed E-state index contributed by atoms with van der Waals surface area (Å²) in [5.74, 6) is 0.973. The average Bonchev–Trinajstić information content (AvgIpc) is 4.20. The van der Waals surface area contributed by atoms with Gasteiger partial charge in [-0.25, -0.2) is 4.79 Å². The van der Waals surface area contributed by atoms with Crippen LogP contribution in [0.4, 0.5) is 0 Å². The molecule has 9 N–H and O–H groups in total. The first-order valence-corrected chi connectivity index (χ1v) is 30.5. The summed E-state index contributed by atoms with van der Waals surface area (Å²) in [5, 5.41) is 40.4. The number of esters is 1. The van der Waals surface area contributed by atoms with E-state index in [1.165, 1.54) is 48.8 Å². The van der Waals surface area contributed by atoms with E-state index in [1.54, 1.807) is 6.07 Å². The van der Waals surface area contributed by atoms with Gasteiger partial charge in [-0.1, -0.05) is 93.2 Å². The van der Waals surface area contributed by atoms with E-state index in [9.17, 15) is 10.2 Å². The number of dihydropyridines is 2. The zero-order valence-electron chi connectivity index (χ0n) is 46.7. The number of epoxide rings is 1. The Morgan fingerprint density at radius 3 is 2.60 bits per heavy atom. The van der Waals surface area contributed by atoms with Crippen LogP contribution in [-0.2, 0) is 20.7 Å². The molecule has 3 saturated carbocycles. The molecule has 0 amide bonds. The fourth-order valence-electron chi connectivity index (χ4n) is 17.3. The van der Waals surface area contributed by atoms with Crippen LogP contribution in [-0.4, -0.2) is 96.3 Å². The molecule has 1 saturated heterocycles. The number of hydrogen-bond acceptors (Lipinski definition) is 13. The summed E-state index contributed by atoms with van der Waals surface area (Å²) in [4.78, 5) is 48.3. The summed E-state index contributed by atoms with van der Waals surface area (Å²) in [5.41, 5.74) is 9.27. The highest BCUT2D eigenvalue weighted by Gasteiger charge is 2.86. The topological polar surface area (TPSA) is 200 Å². The van der Waals surface area contributed by atoms with Crippen molar-refractivity contribution in [1.82, 2.24) is 26.6 Å². The molecule has 1 spiro atoms. The molecular formula is C65H88N6O7. The Balaban J connectivity index is 0.948. The molecule has 0 aromatic heterocycles. The van der Waals surface area contributed by atoms with Crippen LogP contribution in [0, 0.1) is 46.8 Å². The van der Waals surface area contributed by atoms with Crippen LogP contribution in [0.2, 0.25) is 0 Å². The average molecular weight is 1070 g/mol. The molecule has 0 radical (unpaired) electrons. The molecule has 13 nitrogen and oxygen atoms in total. The molecule has 6 aliphatic carbocycles. The summed E-state index contributed by atoms with van der Waals surface area (Å²) in [6.45, 7) is 5.55. The molecule has 1 unspecified atom stereocenters. The number of ketones is 2. The first-order valence-electron chi connectivity index (χ1n) is 30.5. The summed E-state index contributed by atoms with van der Waals surface area (Å²) >= 11 is 0. The van der Waals surface area contributed by atoms with Gasteiger partial charge >= 0.3 is 5.97 Å². The molecule has 4 fully saturated rings. The van der Waals surface area contributed by atoms with Gasteiger partial charge in [-0.3, -0.25) is 9.59 Å². The van der Waals surface area contributed by atoms with Crippen molar-refractivity contribution in [2.45, 2.75) is 184 Å². The Morgan fingerprint density at radius 1 is 0.962 bits per heavy atom. The number of aliphatic hydroxyl groups is 2. The van der Waals surface area contributed by atoms with Crippen LogP contribution in [0.1, 0.15) is 169 Å². The Bertz CT molecular complexity index is 2770. The van der Waals surface area contributed by atoms with Gasteiger partial charge in [0.15, 0.2) is 11.4 Å². The van der Waals surface area contributed by atoms with Crippen LogP contribution in [0.25, 0.3) is 0 Å². The van der Waals surface area contributed by atoms with Gasteiger partial charge in [-0.2, -0.15) is 0 Å². The summed E-state index contributed by atoms with van der Waals surface area (Å²) < 4.78 is 14.0. The Labute approximate surface area is 462 Å². The second-order valence-electron chi connectivity index (χ2n) is 26.3. The van der Waals surface area contributed by atoms with Crippen molar-refractivity contribution in [2.24, 2.45) is 52.6 Å². The monoisotopic (exact) mass is 1060 g/mol. The minimum Gasteiger partial charge on any atom is -0.459 e. The summed E-state index contributed by atoms with van der Waals surface area (Å²) in [7, 11) is 2.00. The van der Waals surface area contributed by atoms with Crippen LogP contribution < -0.4 is 32.3 Å². The first-order chi connectivity index (χ1) is 37.8. The molecular weight excluding hydrogens is 977 g/mol. The first kappa shape index (κ1) is 54.0. The Kier molecular flexibility index (Phi) is 15.0. The van der Waals surface area contributed by atoms with Gasteiger partial charge in [-0.05, 0) is 197 Å². The fraction of sp³-hybridized carbons (Fsp3) is 0.646. The maximum Gasteiger partial charge on any atom is 0.350 e. The number of nitrogens with two attached hydrogens (primary N) is 1. The van der Waals surface area contributed by atoms with Crippen LogP contribution >= 0.6 is 0 Å². The Hall–Kier alpha value is -4.63. The predicted molar refractivity (Wildman–Crippen MR) is 302 cm³/mol. The molecule has 13 heteroatoms. The number of aliphatic hydroxyl groups excluding tert-OH is 2. The van der Waals surface area contributed by atoms with E-state index in [1.807, 2.05) is 38.4 Å². The van der Waals surface area contributed by atoms with Crippen molar-refractivity contribution < 1.29 is 34.1 Å². The van der Waals surface area contributed by atoms with Gasteiger partial charge in [0, 0.05) is 48.4 Å². The van der Waals surface area contributed by atoms with E-state index in [2.05, 4.69) is 63.9 Å². The molecule has 4 bridgehead atoms. The molecule has 420 valence electrons. The predicted octanol–water partition coefficient (Wildman–Crippen LogP) is 8.56. The minimum absolute atomic E-state index is 0.0531. The van der Waals surface area contributed by atoms with E-state index < -0.39 is 40.4 Å². The Morgan fingerprint density at radius 2 is 1.81 bits per heavy atom. The number of ether oxygens (including phenoxy) is 2. The largest absolute Gasteiger partial charge is 0.459 e. The van der Waals surface area contributed by atoms with Crippen molar-refractivity contribution in [3.8, 4) is 0 Å². The minimum atomic E-state index is -2.26. The summed E-state index contributed by atoms with van der Waals surface area (Å²) in [6.07, 6.45) is 33.9. The van der Waals surface area contributed by atoms with E-state index in [-0.39, 0.29) is 72.2 Å². The van der Waals surface area contributed by atoms with Crippen molar-refractivity contribution in [1.29, 1.82) is 0 Å². The summed E-state index contributed by atoms with van der Waals surface area (Å²) in [6, 6.07) is 5.58. The molecule has 5 heterocycles. The third-order valence-electron chi connectivity index (χ3n) is 21.5. The molecule has 78 heavy (non-hydrogen) atoms. The smallest absolute Gasteiger partial charge is 0.350 e. The molecule has 13 atom stereocenters. The number of carbonyl (C=O) groups is 3. The van der Waals surface area contributed by atoms with Crippen molar-refractivity contribution in [3.05, 3.63) is 117 Å². The lowest BCUT2D eigenvalue weighted by Gasteiger charge is -2.55. The SMILES string of the molecule is CN[C@H]1C[C@H]2CC[C@@H](C/C(C)=C(\CO)C[C@@]34O[C@@]35C(=O)O[C@@H]3[C@@H](CCO)CC[C@]6(NCC7CCCCC7)C=C7C=CC[C@H](CCCC[C@@](C)(CC8=CNC(N)C=C8)Cc8cccc(c8C5=O)C4=O)[C@H]7C[C@H]36)C3=CCNC(=C32)N1. The quantitative estimate of drug-likeness (QED) is 0.0405. The van der Waals surface area contributed by atoms with Gasteiger partial charge in [0.2, 0.25) is 5.78 Å². The molecule has 12 rings (SSSR count). The van der Waals surface area contributed by atoms with E-state index in [0.717, 1.165) is 113 Å². The van der Waals surface area contributed by atoms with Crippen LogP contribution in [0.3, 0.4) is 0 Å². The van der Waals surface area contributed by atoms with Crippen LogP contribution in [0.15, 0.2) is 100 Å². The molecule has 1 aromatic rings. The number of carbonyl (C=O) groups excluding carboxylic acids is 3. The van der Waals surface area contributed by atoms with Crippen molar-refractivity contribution in [2.75, 3.05) is 33.4 Å². The number of benzene rings is 1. The van der Waals surface area contributed by atoms with Crippen molar-refractivity contribution >= 4 is 17.5 Å². The van der Waals surface area contributed by atoms with Gasteiger partial charge < -0.3 is 52.0 Å². The number of allylic oxidation sites excluding steroid dienone is 8. The number of nitrogens with one attached hydrogen (secondary N) is 5. The molecule has 1 aromatic carbocycles. The normalized spacial score (nSPS) is 38.4. The van der Waals surface area contributed by atoms with E-state index in [0.29, 0.717) is 42.6 Å². The zero-order chi connectivity index (χ0) is 54.0. The maximum absolute atomic E-state index is 16.2. The van der Waals surface area contributed by atoms with Gasteiger partial charge in [-0.15, -0.1) is 0 Å². The van der Waals surface area contributed by atoms with E-state index >= 15 is 14.4 Å². The standard InChI is InChI=1S/C65H88N6O7/c1-39(29-44-19-20-45-30-54(67-3)71-60-56(45)49(44)23-27-68-60)48(38-73)35-64-58(74)50-17-10-16-47-33-62(2,32-41-18-21-53(66)69-36-41)25-8-7-13-42-14-9-15-46-34-63(70-37-40-11-5-4-6-12-40)26-22-43(24-28-72)57(52(63)31-51(42)46)77-61(76)65(64,78-64)59(75)55(47)50/h9-10,15-18,21,23,34,36,40,42-45,51-54,57,67-73H,4-8,11-14,19-20,22,24-33,35,37-38,66H2,1-3H3/b48-39-/t42-,43+,44-,45+,51+,52+,53?,54+,57+,62-,63-,64-,65-/m0/s1. The lowest BCUT2D eigenvalue weighted by atomic mass is 9.56. The van der Waals surface area contributed by atoms with Gasteiger partial charge in [0.25, 0.3) is 5.60 Å². The highest BCUT2D eigenvalue weighted by Crippen LogP contribution is 2.62. The maximum atomic E-state index is 16.2. The third-order valence-corrected chi connectivity index (χ3v) is 21.5. The van der Waals surface area contributed by atoms with Crippen LogP contribution in [0.5, 0.6) is 0 Å². The molecule has 11 aliphatic rings. The van der Waals surface area contributed by atoms with E-state index in [4.69, 9.17) is 15.2 Å². The van der Waals surface area contributed by atoms with Gasteiger partial charge in [0.05, 0.1) is 18.9 Å². The number of hydrogen-bond donors (Lipinski definition) is 8. The highest BCUT2D eigenvalue weighted by molar-refractivity contribution is 6.33. The second-order valence-corrected chi connectivity index (χ2v) is 26.3. The highest BCUT2D eigenvalue weighted by atomic mass is 16.7. The second kappa shape index (κ2) is 21.7.